The highest BCUT2D eigenvalue weighted by Gasteiger charge is 2.20. The molecule has 0 amide bonds. The molecule has 1 aromatic heterocycles. The van der Waals surface area contributed by atoms with Crippen molar-refractivity contribution in [1.82, 2.24) is 15.4 Å². The smallest absolute Gasteiger partial charge is 0.161 e. The average molecular weight is 388 g/mol. The van der Waals surface area contributed by atoms with Gasteiger partial charge in [0.15, 0.2) is 11.5 Å². The quantitative estimate of drug-likeness (QED) is 0.668. The standard InChI is InChI=1S/C22H33N3O3/c1-5-19(25-10-6-7-11-25)14-23-13-18-8-9-21(22(12-18)26-4)27-15-20-16(2)24-28-17(20)3/h8-9,12,19,23H,5-7,10-11,13-15H2,1-4H3. The monoisotopic (exact) mass is 387 g/mol. The Labute approximate surface area is 168 Å². The molecule has 1 unspecified atom stereocenters. The number of hydrogen-bond acceptors (Lipinski definition) is 6. The summed E-state index contributed by atoms with van der Waals surface area (Å²) in [4.78, 5) is 2.61. The largest absolute Gasteiger partial charge is 0.493 e. The fraction of sp³-hybridized carbons (Fsp3) is 0.591. The molecule has 2 aromatic rings. The number of nitrogens with zero attached hydrogens (tertiary/aromatic N) is 2. The summed E-state index contributed by atoms with van der Waals surface area (Å²) in [6, 6.07) is 6.75. The Morgan fingerprint density at radius 3 is 2.64 bits per heavy atom. The SMILES string of the molecule is CCC(CNCc1ccc(OCc2c(C)noc2C)c(OC)c1)N1CCCC1. The highest BCUT2D eigenvalue weighted by molar-refractivity contribution is 5.43. The summed E-state index contributed by atoms with van der Waals surface area (Å²) < 4.78 is 16.7. The first-order chi connectivity index (χ1) is 13.6. The average Bonchev–Trinajstić information content (AvgIpc) is 3.35. The van der Waals surface area contributed by atoms with Crippen molar-refractivity contribution in [3.63, 3.8) is 0 Å². The molecule has 6 nitrogen and oxygen atoms in total. The molecule has 2 heterocycles. The Hall–Kier alpha value is -2.05. The molecule has 6 heteroatoms. The van der Waals surface area contributed by atoms with E-state index in [1.807, 2.05) is 26.0 Å². The molecular weight excluding hydrogens is 354 g/mol. The van der Waals surface area contributed by atoms with Gasteiger partial charge in [0.2, 0.25) is 0 Å². The first-order valence-corrected chi connectivity index (χ1v) is 10.3. The van der Waals surface area contributed by atoms with E-state index in [1.54, 1.807) is 7.11 Å². The molecule has 28 heavy (non-hydrogen) atoms. The summed E-state index contributed by atoms with van der Waals surface area (Å²) in [5, 5.41) is 7.58. The van der Waals surface area contributed by atoms with Crippen molar-refractivity contribution in [3.05, 3.63) is 40.8 Å². The lowest BCUT2D eigenvalue weighted by Gasteiger charge is -2.26. The summed E-state index contributed by atoms with van der Waals surface area (Å²) >= 11 is 0. The van der Waals surface area contributed by atoms with Crippen molar-refractivity contribution >= 4 is 0 Å². The van der Waals surface area contributed by atoms with Gasteiger partial charge in [-0.3, -0.25) is 4.90 Å². The van der Waals surface area contributed by atoms with E-state index < -0.39 is 0 Å². The van der Waals surface area contributed by atoms with Gasteiger partial charge in [-0.2, -0.15) is 0 Å². The Morgan fingerprint density at radius 1 is 1.21 bits per heavy atom. The third-order valence-electron chi connectivity index (χ3n) is 5.62. The molecule has 0 radical (unpaired) electrons. The zero-order valence-electron chi connectivity index (χ0n) is 17.6. The van der Waals surface area contributed by atoms with Gasteiger partial charge in [-0.1, -0.05) is 18.1 Å². The zero-order valence-corrected chi connectivity index (χ0v) is 17.6. The van der Waals surface area contributed by atoms with Gasteiger partial charge in [-0.15, -0.1) is 0 Å². The second kappa shape index (κ2) is 9.94. The summed E-state index contributed by atoms with van der Waals surface area (Å²) in [5.74, 6) is 2.27. The van der Waals surface area contributed by atoms with E-state index in [1.165, 1.54) is 37.9 Å². The van der Waals surface area contributed by atoms with Gasteiger partial charge in [0.1, 0.15) is 12.4 Å². The second-order valence-electron chi connectivity index (χ2n) is 7.51. The number of rotatable bonds is 10. The summed E-state index contributed by atoms with van der Waals surface area (Å²) in [5.41, 5.74) is 3.04. The third-order valence-corrected chi connectivity index (χ3v) is 5.62. The molecule has 0 saturated carbocycles. The van der Waals surface area contributed by atoms with Gasteiger partial charge in [0.25, 0.3) is 0 Å². The van der Waals surface area contributed by atoms with Crippen molar-refractivity contribution in [1.29, 1.82) is 0 Å². The minimum atomic E-state index is 0.420. The fourth-order valence-corrected chi connectivity index (χ4v) is 3.82. The van der Waals surface area contributed by atoms with Crippen LogP contribution in [0.1, 0.15) is 48.8 Å². The molecule has 1 aliphatic rings. The molecule has 1 aliphatic heterocycles. The molecule has 1 atom stereocenters. The van der Waals surface area contributed by atoms with Crippen molar-refractivity contribution in [2.75, 3.05) is 26.7 Å². The van der Waals surface area contributed by atoms with E-state index in [-0.39, 0.29) is 0 Å². The lowest BCUT2D eigenvalue weighted by Crippen LogP contribution is -2.40. The van der Waals surface area contributed by atoms with Crippen LogP contribution >= 0.6 is 0 Å². The first-order valence-electron chi connectivity index (χ1n) is 10.3. The van der Waals surface area contributed by atoms with Gasteiger partial charge in [-0.05, 0) is 63.9 Å². The fourth-order valence-electron chi connectivity index (χ4n) is 3.82. The Balaban J connectivity index is 1.55. The minimum Gasteiger partial charge on any atom is -0.493 e. The van der Waals surface area contributed by atoms with Crippen LogP contribution in [0.25, 0.3) is 0 Å². The molecule has 1 saturated heterocycles. The van der Waals surface area contributed by atoms with Crippen LogP contribution in [-0.4, -0.2) is 42.8 Å². The highest BCUT2D eigenvalue weighted by Crippen LogP contribution is 2.29. The number of benzene rings is 1. The normalized spacial score (nSPS) is 15.7. The number of ether oxygens (including phenoxy) is 2. The lowest BCUT2D eigenvalue weighted by molar-refractivity contribution is 0.229. The molecule has 1 fully saturated rings. The minimum absolute atomic E-state index is 0.420. The van der Waals surface area contributed by atoms with Crippen molar-refractivity contribution in [2.45, 2.75) is 59.2 Å². The first kappa shape index (κ1) is 20.7. The van der Waals surface area contributed by atoms with E-state index in [0.717, 1.165) is 41.6 Å². The van der Waals surface area contributed by atoms with Crippen LogP contribution in [0.5, 0.6) is 11.5 Å². The van der Waals surface area contributed by atoms with Crippen LogP contribution in [0.4, 0.5) is 0 Å². The summed E-state index contributed by atoms with van der Waals surface area (Å²) in [6.07, 6.45) is 3.86. The van der Waals surface area contributed by atoms with Crippen LogP contribution in [0, 0.1) is 13.8 Å². The number of likely N-dealkylation sites (tertiary alicyclic amines) is 1. The van der Waals surface area contributed by atoms with E-state index in [2.05, 4.69) is 28.4 Å². The molecule has 0 aliphatic carbocycles. The molecule has 3 rings (SSSR count). The molecular formula is C22H33N3O3. The van der Waals surface area contributed by atoms with Gasteiger partial charge < -0.3 is 19.3 Å². The maximum absolute atomic E-state index is 5.96. The van der Waals surface area contributed by atoms with Gasteiger partial charge in [0, 0.05) is 19.1 Å². The van der Waals surface area contributed by atoms with Gasteiger partial charge in [0.05, 0.1) is 18.4 Å². The van der Waals surface area contributed by atoms with Crippen molar-refractivity contribution < 1.29 is 14.0 Å². The predicted molar refractivity (Wildman–Crippen MR) is 110 cm³/mol. The Bertz CT molecular complexity index is 734. The molecule has 1 aromatic carbocycles. The van der Waals surface area contributed by atoms with Gasteiger partial charge in [-0.25, -0.2) is 0 Å². The van der Waals surface area contributed by atoms with Crippen LogP contribution in [0.15, 0.2) is 22.7 Å². The molecule has 154 valence electrons. The van der Waals surface area contributed by atoms with Crippen molar-refractivity contribution in [3.8, 4) is 11.5 Å². The number of hydrogen-bond donors (Lipinski definition) is 1. The van der Waals surface area contributed by atoms with Crippen molar-refractivity contribution in [2.24, 2.45) is 0 Å². The number of methoxy groups -OCH3 is 1. The maximum Gasteiger partial charge on any atom is 0.161 e. The van der Waals surface area contributed by atoms with E-state index >= 15 is 0 Å². The van der Waals surface area contributed by atoms with Gasteiger partial charge >= 0.3 is 0 Å². The van der Waals surface area contributed by atoms with E-state index in [9.17, 15) is 0 Å². The van der Waals surface area contributed by atoms with E-state index in [0.29, 0.717) is 12.6 Å². The predicted octanol–water partition coefficient (Wildman–Crippen LogP) is 3.84. The Morgan fingerprint density at radius 2 is 2.00 bits per heavy atom. The molecule has 0 bridgehead atoms. The zero-order chi connectivity index (χ0) is 19.9. The number of aryl methyl sites for hydroxylation is 2. The number of aromatic nitrogens is 1. The summed E-state index contributed by atoms with van der Waals surface area (Å²) in [7, 11) is 1.68. The maximum atomic E-state index is 5.96. The van der Waals surface area contributed by atoms with E-state index in [4.69, 9.17) is 14.0 Å². The number of nitrogens with one attached hydrogen (secondary N) is 1. The lowest BCUT2D eigenvalue weighted by atomic mass is 10.1. The summed E-state index contributed by atoms with van der Waals surface area (Å²) in [6.45, 7) is 10.8. The van der Waals surface area contributed by atoms with Crippen LogP contribution in [0.2, 0.25) is 0 Å². The third kappa shape index (κ3) is 5.06. The Kier molecular flexibility index (Phi) is 7.34. The molecule has 0 spiro atoms. The topological polar surface area (TPSA) is 59.8 Å². The van der Waals surface area contributed by atoms with Crippen LogP contribution < -0.4 is 14.8 Å². The molecule has 1 N–H and O–H groups in total. The highest BCUT2D eigenvalue weighted by atomic mass is 16.5. The van der Waals surface area contributed by atoms with Crippen LogP contribution in [0.3, 0.4) is 0 Å². The van der Waals surface area contributed by atoms with Crippen LogP contribution in [-0.2, 0) is 13.2 Å². The second-order valence-corrected chi connectivity index (χ2v) is 7.51.